The summed E-state index contributed by atoms with van der Waals surface area (Å²) in [5.41, 5.74) is 1.15. The maximum Gasteiger partial charge on any atom is 0.234 e. The van der Waals surface area contributed by atoms with E-state index in [-0.39, 0.29) is 29.9 Å². The second-order valence-corrected chi connectivity index (χ2v) is 8.18. The van der Waals surface area contributed by atoms with Crippen LogP contribution in [-0.4, -0.2) is 18.2 Å². The molecule has 7 heteroatoms. The summed E-state index contributed by atoms with van der Waals surface area (Å²) in [6, 6.07) is 21.5. The SMILES string of the molecule is CCOC(c1ccc(OCc2cc(F)ccc2F)cc1)c1ccc(F)cc1C(=O)C(=O)c1ccccc1. The van der Waals surface area contributed by atoms with Crippen molar-refractivity contribution in [2.75, 3.05) is 6.61 Å². The van der Waals surface area contributed by atoms with Gasteiger partial charge in [0.15, 0.2) is 0 Å². The maximum absolute atomic E-state index is 14.2. The normalized spacial score (nSPS) is 11.7. The van der Waals surface area contributed by atoms with Gasteiger partial charge >= 0.3 is 0 Å². The molecule has 4 aromatic carbocycles. The minimum atomic E-state index is -0.845. The molecule has 4 rings (SSSR count). The van der Waals surface area contributed by atoms with Crippen molar-refractivity contribution in [3.63, 3.8) is 0 Å². The van der Waals surface area contributed by atoms with Gasteiger partial charge in [0.1, 0.15) is 35.9 Å². The van der Waals surface area contributed by atoms with Gasteiger partial charge in [-0.05, 0) is 60.5 Å². The standard InChI is InChI=1S/C30H23F3O4/c1-2-36-30(20-8-12-24(13-9-20)37-18-21-16-22(31)11-15-27(21)33)25-14-10-23(32)17-26(25)29(35)28(34)19-6-4-3-5-7-19/h3-17,30H,2,18H2,1H3. The Bertz CT molecular complexity index is 1400. The highest BCUT2D eigenvalue weighted by molar-refractivity contribution is 6.49. The van der Waals surface area contributed by atoms with Crippen molar-refractivity contribution in [1.82, 2.24) is 0 Å². The Balaban J connectivity index is 1.60. The van der Waals surface area contributed by atoms with Gasteiger partial charge in [-0.25, -0.2) is 13.2 Å². The number of ketones is 2. The van der Waals surface area contributed by atoms with Crippen molar-refractivity contribution < 1.29 is 32.2 Å². The number of hydrogen-bond acceptors (Lipinski definition) is 4. The number of rotatable bonds is 10. The van der Waals surface area contributed by atoms with E-state index in [4.69, 9.17) is 9.47 Å². The summed E-state index contributed by atoms with van der Waals surface area (Å²) in [7, 11) is 0. The first-order chi connectivity index (χ1) is 17.9. The zero-order valence-corrected chi connectivity index (χ0v) is 19.9. The highest BCUT2D eigenvalue weighted by Crippen LogP contribution is 2.31. The van der Waals surface area contributed by atoms with Crippen LogP contribution in [0.3, 0.4) is 0 Å². The second-order valence-electron chi connectivity index (χ2n) is 8.18. The molecule has 0 aromatic heterocycles. The lowest BCUT2D eigenvalue weighted by atomic mass is 9.91. The lowest BCUT2D eigenvalue weighted by molar-refractivity contribution is 0.0794. The van der Waals surface area contributed by atoms with Crippen LogP contribution in [0.1, 0.15) is 50.4 Å². The summed E-state index contributed by atoms with van der Waals surface area (Å²) in [6.45, 7) is 1.88. The molecule has 1 unspecified atom stereocenters. The molecule has 0 aliphatic carbocycles. The fourth-order valence-corrected chi connectivity index (χ4v) is 3.88. The largest absolute Gasteiger partial charge is 0.489 e. The first-order valence-corrected chi connectivity index (χ1v) is 11.6. The molecule has 0 radical (unpaired) electrons. The smallest absolute Gasteiger partial charge is 0.234 e. The third kappa shape index (κ3) is 6.13. The Hall–Kier alpha value is -4.23. The molecule has 4 aromatic rings. The highest BCUT2D eigenvalue weighted by atomic mass is 19.1. The molecular weight excluding hydrogens is 481 g/mol. The van der Waals surface area contributed by atoms with Gasteiger partial charge in [-0.15, -0.1) is 0 Å². The Morgan fingerprint density at radius 2 is 1.46 bits per heavy atom. The predicted octanol–water partition coefficient (Wildman–Crippen LogP) is 6.87. The number of halogens is 3. The van der Waals surface area contributed by atoms with Crippen molar-refractivity contribution in [2.24, 2.45) is 0 Å². The molecule has 0 saturated heterocycles. The number of hydrogen-bond donors (Lipinski definition) is 0. The molecular formula is C30H23F3O4. The maximum atomic E-state index is 14.2. The third-order valence-electron chi connectivity index (χ3n) is 5.70. The summed E-state index contributed by atoms with van der Waals surface area (Å²) in [4.78, 5) is 26.0. The first kappa shape index (κ1) is 25.9. The van der Waals surface area contributed by atoms with Gasteiger partial charge in [0.25, 0.3) is 0 Å². The third-order valence-corrected chi connectivity index (χ3v) is 5.70. The summed E-state index contributed by atoms with van der Waals surface area (Å²) < 4.78 is 53.0. The molecule has 1 atom stereocenters. The molecule has 0 fully saturated rings. The molecule has 0 bridgehead atoms. The van der Waals surface area contributed by atoms with Crippen molar-refractivity contribution in [1.29, 1.82) is 0 Å². The quantitative estimate of drug-likeness (QED) is 0.175. The van der Waals surface area contributed by atoms with E-state index in [1.807, 2.05) is 0 Å². The number of Topliss-reactive ketones (excluding diaryl/α,β-unsaturated/α-hetero) is 2. The molecule has 4 nitrogen and oxygen atoms in total. The Morgan fingerprint density at radius 1 is 0.784 bits per heavy atom. The van der Waals surface area contributed by atoms with E-state index < -0.39 is 35.1 Å². The van der Waals surface area contributed by atoms with Crippen molar-refractivity contribution in [3.05, 3.63) is 136 Å². The van der Waals surface area contributed by atoms with E-state index in [9.17, 15) is 22.8 Å². The van der Waals surface area contributed by atoms with Crippen molar-refractivity contribution in [2.45, 2.75) is 19.6 Å². The van der Waals surface area contributed by atoms with Crippen LogP contribution in [0.4, 0.5) is 13.2 Å². The molecule has 0 N–H and O–H groups in total. The summed E-state index contributed by atoms with van der Waals surface area (Å²) in [5.74, 6) is -2.99. The molecule has 0 spiro atoms. The molecule has 0 saturated carbocycles. The van der Waals surface area contributed by atoms with Crippen LogP contribution in [0.5, 0.6) is 5.75 Å². The Kier molecular flexibility index (Phi) is 8.15. The minimum Gasteiger partial charge on any atom is -0.489 e. The first-order valence-electron chi connectivity index (χ1n) is 11.6. The van der Waals surface area contributed by atoms with Crippen LogP contribution in [0, 0.1) is 17.5 Å². The van der Waals surface area contributed by atoms with Crippen LogP contribution in [0.25, 0.3) is 0 Å². The zero-order valence-electron chi connectivity index (χ0n) is 19.9. The number of carbonyl (C=O) groups is 2. The van der Waals surface area contributed by atoms with E-state index in [0.717, 1.165) is 24.3 Å². The van der Waals surface area contributed by atoms with E-state index in [0.29, 0.717) is 16.9 Å². The Labute approximate surface area is 212 Å². The average molecular weight is 505 g/mol. The van der Waals surface area contributed by atoms with Crippen molar-refractivity contribution in [3.8, 4) is 5.75 Å². The minimum absolute atomic E-state index is 0.0776. The number of carbonyl (C=O) groups excluding carboxylic acids is 2. The van der Waals surface area contributed by atoms with E-state index in [2.05, 4.69) is 0 Å². The molecule has 0 amide bonds. The lowest BCUT2D eigenvalue weighted by Gasteiger charge is -2.21. The number of ether oxygens (including phenoxy) is 2. The monoisotopic (exact) mass is 504 g/mol. The molecule has 0 heterocycles. The summed E-state index contributed by atoms with van der Waals surface area (Å²) in [5, 5.41) is 0. The second kappa shape index (κ2) is 11.7. The molecule has 0 aliphatic heterocycles. The van der Waals surface area contributed by atoms with Crippen LogP contribution >= 0.6 is 0 Å². The average Bonchev–Trinajstić information content (AvgIpc) is 2.92. The van der Waals surface area contributed by atoms with Gasteiger partial charge < -0.3 is 9.47 Å². The molecule has 37 heavy (non-hydrogen) atoms. The van der Waals surface area contributed by atoms with E-state index in [1.54, 1.807) is 49.4 Å². The van der Waals surface area contributed by atoms with Crippen LogP contribution in [0.15, 0.2) is 91.0 Å². The zero-order chi connectivity index (χ0) is 26.4. The molecule has 188 valence electrons. The van der Waals surface area contributed by atoms with Crippen molar-refractivity contribution >= 4 is 11.6 Å². The topological polar surface area (TPSA) is 52.6 Å². The van der Waals surface area contributed by atoms with Gasteiger partial charge in [-0.2, -0.15) is 0 Å². The number of benzene rings is 4. The summed E-state index contributed by atoms with van der Waals surface area (Å²) >= 11 is 0. The van der Waals surface area contributed by atoms with Gasteiger partial charge in [0.2, 0.25) is 11.6 Å². The van der Waals surface area contributed by atoms with Gasteiger partial charge in [0.05, 0.1) is 0 Å². The van der Waals surface area contributed by atoms with E-state index in [1.165, 1.54) is 24.3 Å². The Morgan fingerprint density at radius 3 is 2.16 bits per heavy atom. The van der Waals surface area contributed by atoms with Gasteiger partial charge in [-0.1, -0.05) is 48.5 Å². The van der Waals surface area contributed by atoms with Crippen LogP contribution in [0.2, 0.25) is 0 Å². The van der Waals surface area contributed by atoms with E-state index >= 15 is 0 Å². The lowest BCUT2D eigenvalue weighted by Crippen LogP contribution is -2.19. The highest BCUT2D eigenvalue weighted by Gasteiger charge is 2.26. The van der Waals surface area contributed by atoms with Gasteiger partial charge in [-0.3, -0.25) is 9.59 Å². The van der Waals surface area contributed by atoms with Crippen LogP contribution in [-0.2, 0) is 11.3 Å². The fourth-order valence-electron chi connectivity index (χ4n) is 3.88. The molecule has 0 aliphatic rings. The summed E-state index contributed by atoms with van der Waals surface area (Å²) in [6.07, 6.45) is -0.775. The van der Waals surface area contributed by atoms with Crippen LogP contribution < -0.4 is 4.74 Å². The fraction of sp³-hybridized carbons (Fsp3) is 0.133. The predicted molar refractivity (Wildman–Crippen MR) is 132 cm³/mol. The van der Waals surface area contributed by atoms with Gasteiger partial charge in [0, 0.05) is 23.3 Å².